The van der Waals surface area contributed by atoms with Crippen LogP contribution in [0.25, 0.3) is 0 Å². The lowest BCUT2D eigenvalue weighted by Crippen LogP contribution is -2.58. The first-order valence-electron chi connectivity index (χ1n) is 6.42. The molecule has 0 spiro atoms. The molecular weight excluding hydrogens is 272 g/mol. The van der Waals surface area contributed by atoms with E-state index in [1.165, 1.54) is 6.92 Å². The minimum atomic E-state index is -1.71. The number of carbonyl (C=O) groups excluding carboxylic acids is 2. The molecule has 0 aromatic rings. The number of ether oxygens (including phenoxy) is 4. The van der Waals surface area contributed by atoms with Crippen molar-refractivity contribution in [3.05, 3.63) is 0 Å². The molecule has 0 aromatic carbocycles. The van der Waals surface area contributed by atoms with E-state index in [1.54, 1.807) is 13.8 Å². The van der Waals surface area contributed by atoms with Gasteiger partial charge in [-0.05, 0) is 20.8 Å². The van der Waals surface area contributed by atoms with Gasteiger partial charge in [-0.2, -0.15) is 0 Å². The number of carbonyl (C=O) groups is 2. The summed E-state index contributed by atoms with van der Waals surface area (Å²) < 4.78 is 19.7. The van der Waals surface area contributed by atoms with Crippen LogP contribution >= 0.6 is 0 Å². The Bertz CT molecular complexity index is 344. The van der Waals surface area contributed by atoms with Crippen molar-refractivity contribution in [1.82, 2.24) is 0 Å². The third kappa shape index (κ3) is 3.89. The number of rotatable bonds is 5. The summed E-state index contributed by atoms with van der Waals surface area (Å²) >= 11 is 0. The van der Waals surface area contributed by atoms with Gasteiger partial charge in [-0.15, -0.1) is 0 Å². The molecule has 1 aliphatic heterocycles. The maximum atomic E-state index is 11.7. The average molecular weight is 292 g/mol. The van der Waals surface area contributed by atoms with E-state index in [1.807, 2.05) is 0 Å². The van der Waals surface area contributed by atoms with Crippen molar-refractivity contribution in [2.45, 2.75) is 51.5 Å². The van der Waals surface area contributed by atoms with Crippen LogP contribution in [0.2, 0.25) is 0 Å². The molecule has 1 heterocycles. The predicted octanol–water partition coefficient (Wildman–Crippen LogP) is -1.04. The topological polar surface area (TPSA) is 112 Å². The summed E-state index contributed by atoms with van der Waals surface area (Å²) in [5.74, 6) is -1.72. The maximum absolute atomic E-state index is 11.7. The highest BCUT2D eigenvalue weighted by molar-refractivity contribution is 5.77. The monoisotopic (exact) mass is 292 g/mol. The minimum Gasteiger partial charge on any atom is -0.464 e. The summed E-state index contributed by atoms with van der Waals surface area (Å²) in [5, 5.41) is 19.8. The van der Waals surface area contributed by atoms with E-state index in [9.17, 15) is 19.8 Å². The Balaban J connectivity index is 2.80. The third-order valence-corrected chi connectivity index (χ3v) is 2.69. The van der Waals surface area contributed by atoms with E-state index >= 15 is 0 Å². The molecule has 0 saturated carbocycles. The number of hydrogen-bond acceptors (Lipinski definition) is 8. The summed E-state index contributed by atoms with van der Waals surface area (Å²) in [7, 11) is 0. The SMILES string of the molecule is CCOC(=O)[C@@H](O)[C@@H]1OC(C)O[C@@H](C(=O)OCC)[C@H]1O. The van der Waals surface area contributed by atoms with Gasteiger partial charge in [0, 0.05) is 0 Å². The quantitative estimate of drug-likeness (QED) is 0.618. The summed E-state index contributed by atoms with van der Waals surface area (Å²) in [6, 6.07) is 0. The number of aliphatic hydroxyl groups is 2. The van der Waals surface area contributed by atoms with Crippen LogP contribution in [0.3, 0.4) is 0 Å². The molecule has 5 atom stereocenters. The maximum Gasteiger partial charge on any atom is 0.338 e. The Morgan fingerprint density at radius 1 is 1.20 bits per heavy atom. The summed E-state index contributed by atoms with van der Waals surface area (Å²) in [5.41, 5.74) is 0. The lowest BCUT2D eigenvalue weighted by Gasteiger charge is -2.38. The zero-order valence-corrected chi connectivity index (χ0v) is 11.6. The highest BCUT2D eigenvalue weighted by Crippen LogP contribution is 2.23. The minimum absolute atomic E-state index is 0.0755. The van der Waals surface area contributed by atoms with Crippen molar-refractivity contribution in [3.63, 3.8) is 0 Å². The molecular formula is C12H20O8. The molecule has 1 rings (SSSR count). The van der Waals surface area contributed by atoms with Gasteiger partial charge in [0.2, 0.25) is 0 Å². The van der Waals surface area contributed by atoms with Gasteiger partial charge in [0.25, 0.3) is 0 Å². The molecule has 8 nitrogen and oxygen atoms in total. The van der Waals surface area contributed by atoms with Crippen molar-refractivity contribution in [2.75, 3.05) is 13.2 Å². The third-order valence-electron chi connectivity index (χ3n) is 2.69. The smallest absolute Gasteiger partial charge is 0.338 e. The predicted molar refractivity (Wildman–Crippen MR) is 64.5 cm³/mol. The first-order chi connectivity index (χ1) is 9.42. The Labute approximate surface area is 116 Å². The van der Waals surface area contributed by atoms with Crippen LogP contribution in [0.15, 0.2) is 0 Å². The van der Waals surface area contributed by atoms with Crippen molar-refractivity contribution in [2.24, 2.45) is 0 Å². The van der Waals surface area contributed by atoms with Crippen molar-refractivity contribution < 1.29 is 38.7 Å². The number of esters is 2. The Kier molecular flexibility index (Phi) is 6.34. The van der Waals surface area contributed by atoms with E-state index in [0.29, 0.717) is 0 Å². The van der Waals surface area contributed by atoms with Gasteiger partial charge in [-0.25, -0.2) is 9.59 Å². The van der Waals surface area contributed by atoms with Gasteiger partial charge in [0.1, 0.15) is 12.2 Å². The molecule has 1 fully saturated rings. The van der Waals surface area contributed by atoms with Gasteiger partial charge in [-0.3, -0.25) is 0 Å². The molecule has 8 heteroatoms. The second-order valence-electron chi connectivity index (χ2n) is 4.16. The average Bonchev–Trinajstić information content (AvgIpc) is 2.40. The summed E-state index contributed by atoms with van der Waals surface area (Å²) in [4.78, 5) is 23.1. The fourth-order valence-electron chi connectivity index (χ4n) is 1.84. The Morgan fingerprint density at radius 3 is 2.35 bits per heavy atom. The fourth-order valence-corrected chi connectivity index (χ4v) is 1.84. The lowest BCUT2D eigenvalue weighted by molar-refractivity contribution is -0.291. The first kappa shape index (κ1) is 16.8. The van der Waals surface area contributed by atoms with Crippen molar-refractivity contribution >= 4 is 11.9 Å². The summed E-state index contributed by atoms with van der Waals surface area (Å²) in [6.07, 6.45) is -6.79. The second kappa shape index (κ2) is 7.53. The molecule has 0 radical (unpaired) electrons. The van der Waals surface area contributed by atoms with Gasteiger partial charge >= 0.3 is 11.9 Å². The van der Waals surface area contributed by atoms with Crippen LogP contribution < -0.4 is 0 Å². The normalized spacial score (nSPS) is 31.4. The van der Waals surface area contributed by atoms with E-state index < -0.39 is 42.6 Å². The Hall–Kier alpha value is -1.22. The van der Waals surface area contributed by atoms with Crippen molar-refractivity contribution in [1.29, 1.82) is 0 Å². The molecule has 20 heavy (non-hydrogen) atoms. The zero-order valence-electron chi connectivity index (χ0n) is 11.6. The zero-order chi connectivity index (χ0) is 15.3. The molecule has 1 aliphatic rings. The van der Waals surface area contributed by atoms with Crippen LogP contribution in [0.4, 0.5) is 0 Å². The second-order valence-corrected chi connectivity index (χ2v) is 4.16. The molecule has 0 aromatic heterocycles. The molecule has 0 amide bonds. The molecule has 0 bridgehead atoms. The number of aliphatic hydroxyl groups excluding tert-OH is 2. The highest BCUT2D eigenvalue weighted by Gasteiger charge is 2.47. The highest BCUT2D eigenvalue weighted by atomic mass is 16.7. The van der Waals surface area contributed by atoms with Crippen LogP contribution in [0.5, 0.6) is 0 Å². The first-order valence-corrected chi connectivity index (χ1v) is 6.42. The van der Waals surface area contributed by atoms with Gasteiger partial charge < -0.3 is 29.2 Å². The van der Waals surface area contributed by atoms with E-state index in [2.05, 4.69) is 4.74 Å². The van der Waals surface area contributed by atoms with Crippen LogP contribution in [-0.2, 0) is 28.5 Å². The standard InChI is InChI=1S/C12H20O8/c1-4-17-11(15)8(14)9-7(13)10(12(16)18-5-2)20-6(3)19-9/h6-10,13-14H,4-5H2,1-3H3/t6?,7-,8-,9+,10+/m0/s1. The largest absolute Gasteiger partial charge is 0.464 e. The van der Waals surface area contributed by atoms with Gasteiger partial charge in [0.15, 0.2) is 18.5 Å². The van der Waals surface area contributed by atoms with Crippen molar-refractivity contribution in [3.8, 4) is 0 Å². The summed E-state index contributed by atoms with van der Waals surface area (Å²) in [6.45, 7) is 4.86. The van der Waals surface area contributed by atoms with E-state index in [4.69, 9.17) is 14.2 Å². The number of hydrogen-bond donors (Lipinski definition) is 2. The Morgan fingerprint density at radius 2 is 1.80 bits per heavy atom. The molecule has 116 valence electrons. The molecule has 1 unspecified atom stereocenters. The van der Waals surface area contributed by atoms with E-state index in [-0.39, 0.29) is 13.2 Å². The lowest BCUT2D eigenvalue weighted by atomic mass is 10.0. The van der Waals surface area contributed by atoms with Gasteiger partial charge in [-0.1, -0.05) is 0 Å². The van der Waals surface area contributed by atoms with Crippen LogP contribution in [0.1, 0.15) is 20.8 Å². The molecule has 2 N–H and O–H groups in total. The van der Waals surface area contributed by atoms with Gasteiger partial charge in [0.05, 0.1) is 13.2 Å². The molecule has 0 aliphatic carbocycles. The van der Waals surface area contributed by atoms with Crippen LogP contribution in [0, 0.1) is 0 Å². The fraction of sp³-hybridized carbons (Fsp3) is 0.833. The van der Waals surface area contributed by atoms with E-state index in [0.717, 1.165) is 0 Å². The van der Waals surface area contributed by atoms with Crippen LogP contribution in [-0.4, -0.2) is 66.1 Å². The molecule has 1 saturated heterocycles.